The van der Waals surface area contributed by atoms with Gasteiger partial charge in [-0.05, 0) is 5.92 Å². The molecule has 1 aliphatic heterocycles. The van der Waals surface area contributed by atoms with Crippen molar-refractivity contribution in [3.8, 4) is 0 Å². The Kier molecular flexibility index (Phi) is 3.29. The first-order chi connectivity index (χ1) is 5.61. The molecule has 0 aromatic rings. The maximum Gasteiger partial charge on any atom is 0.405 e. The molecular formula is C7H16NO3P. The summed E-state index contributed by atoms with van der Waals surface area (Å²) in [6.45, 7) is 4.69. The van der Waals surface area contributed by atoms with E-state index in [0.717, 1.165) is 6.42 Å². The van der Waals surface area contributed by atoms with Gasteiger partial charge < -0.3 is 4.52 Å². The van der Waals surface area contributed by atoms with E-state index in [1.54, 1.807) is 0 Å². The third kappa shape index (κ3) is 2.07. The first-order valence-corrected chi connectivity index (χ1v) is 5.73. The van der Waals surface area contributed by atoms with Crippen LogP contribution >= 0.6 is 7.75 Å². The molecule has 5 heteroatoms. The van der Waals surface area contributed by atoms with Gasteiger partial charge in [0, 0.05) is 13.2 Å². The highest BCUT2D eigenvalue weighted by molar-refractivity contribution is 7.51. The lowest BCUT2D eigenvalue weighted by Gasteiger charge is -2.15. The van der Waals surface area contributed by atoms with E-state index in [-0.39, 0.29) is 6.04 Å². The summed E-state index contributed by atoms with van der Waals surface area (Å²) in [6, 6.07) is 0.167. The van der Waals surface area contributed by atoms with Crippen molar-refractivity contribution >= 4 is 7.75 Å². The zero-order valence-corrected chi connectivity index (χ0v) is 8.64. The highest BCUT2D eigenvalue weighted by Gasteiger charge is 2.37. The molecule has 0 radical (unpaired) electrons. The topological polar surface area (TPSA) is 47.6 Å². The molecule has 0 amide bonds. The Bertz CT molecular complexity index is 197. The van der Waals surface area contributed by atoms with Gasteiger partial charge >= 0.3 is 7.75 Å². The van der Waals surface area contributed by atoms with E-state index in [0.29, 0.717) is 12.5 Å². The molecule has 0 aliphatic carbocycles. The summed E-state index contributed by atoms with van der Waals surface area (Å²) in [5.74, 6) is 0.468. The van der Waals surface area contributed by atoms with Crippen molar-refractivity contribution in [1.82, 2.24) is 5.09 Å². The number of hydrogen-bond acceptors (Lipinski definition) is 3. The highest BCUT2D eigenvalue weighted by atomic mass is 31.2. The lowest BCUT2D eigenvalue weighted by molar-refractivity contribution is 0.250. The van der Waals surface area contributed by atoms with Crippen LogP contribution in [0.15, 0.2) is 0 Å². The average Bonchev–Trinajstić information content (AvgIpc) is 2.48. The van der Waals surface area contributed by atoms with Crippen LogP contribution in [0.3, 0.4) is 0 Å². The molecule has 0 aromatic carbocycles. The molecule has 12 heavy (non-hydrogen) atoms. The summed E-state index contributed by atoms with van der Waals surface area (Å²) in [6.07, 6.45) is 1.05. The molecule has 1 fully saturated rings. The van der Waals surface area contributed by atoms with Crippen molar-refractivity contribution in [1.29, 1.82) is 0 Å². The zero-order chi connectivity index (χ0) is 9.19. The van der Waals surface area contributed by atoms with Crippen LogP contribution < -0.4 is 5.09 Å². The summed E-state index contributed by atoms with van der Waals surface area (Å²) < 4.78 is 21.3. The predicted molar refractivity (Wildman–Crippen MR) is 46.9 cm³/mol. The SMILES string of the molecule is CCC(C)C1COP(=O)(OC)N1. The molecule has 0 aromatic heterocycles. The first kappa shape index (κ1) is 10.2. The number of hydrogen-bond donors (Lipinski definition) is 1. The lowest BCUT2D eigenvalue weighted by Crippen LogP contribution is -2.29. The van der Waals surface area contributed by atoms with Crippen LogP contribution in [0.1, 0.15) is 20.3 Å². The second kappa shape index (κ2) is 3.88. The van der Waals surface area contributed by atoms with E-state index >= 15 is 0 Å². The molecule has 3 unspecified atom stereocenters. The van der Waals surface area contributed by atoms with Gasteiger partial charge in [0.25, 0.3) is 0 Å². The first-order valence-electron chi connectivity index (χ1n) is 4.19. The third-order valence-corrected chi connectivity index (χ3v) is 3.94. The monoisotopic (exact) mass is 193 g/mol. The minimum atomic E-state index is -2.92. The second-order valence-electron chi connectivity index (χ2n) is 3.10. The quantitative estimate of drug-likeness (QED) is 0.694. The van der Waals surface area contributed by atoms with E-state index in [2.05, 4.69) is 18.9 Å². The maximum absolute atomic E-state index is 11.5. The Morgan fingerprint density at radius 2 is 2.50 bits per heavy atom. The molecule has 1 rings (SSSR count). The summed E-state index contributed by atoms with van der Waals surface area (Å²) in [7, 11) is -1.53. The van der Waals surface area contributed by atoms with Crippen molar-refractivity contribution in [2.45, 2.75) is 26.3 Å². The van der Waals surface area contributed by atoms with Crippen LogP contribution in [0.5, 0.6) is 0 Å². The summed E-state index contributed by atoms with van der Waals surface area (Å²) in [5, 5.41) is 2.88. The Morgan fingerprint density at radius 3 is 2.92 bits per heavy atom. The van der Waals surface area contributed by atoms with Crippen LogP contribution in [-0.4, -0.2) is 19.8 Å². The minimum absolute atomic E-state index is 0.167. The molecule has 1 saturated heterocycles. The number of rotatable bonds is 3. The van der Waals surface area contributed by atoms with Gasteiger partial charge in [-0.25, -0.2) is 9.65 Å². The zero-order valence-electron chi connectivity index (χ0n) is 7.74. The summed E-state index contributed by atoms with van der Waals surface area (Å²) >= 11 is 0. The Morgan fingerprint density at radius 1 is 1.83 bits per heavy atom. The fraction of sp³-hybridized carbons (Fsp3) is 1.00. The van der Waals surface area contributed by atoms with E-state index < -0.39 is 7.75 Å². The molecule has 72 valence electrons. The van der Waals surface area contributed by atoms with Crippen LogP contribution in [0.4, 0.5) is 0 Å². The molecule has 0 bridgehead atoms. The standard InChI is InChI=1S/C7H16NO3P/c1-4-6(2)7-5-11-12(9,8-7)10-3/h6-7H,4-5H2,1-3H3,(H,8,9). The van der Waals surface area contributed by atoms with E-state index in [1.165, 1.54) is 7.11 Å². The van der Waals surface area contributed by atoms with Crippen molar-refractivity contribution in [3.63, 3.8) is 0 Å². The summed E-state index contributed by atoms with van der Waals surface area (Å²) in [5.41, 5.74) is 0. The molecule has 3 atom stereocenters. The summed E-state index contributed by atoms with van der Waals surface area (Å²) in [4.78, 5) is 0. The highest BCUT2D eigenvalue weighted by Crippen LogP contribution is 2.48. The van der Waals surface area contributed by atoms with Crippen LogP contribution in [0, 0.1) is 5.92 Å². The fourth-order valence-corrected chi connectivity index (χ4v) is 2.51. The van der Waals surface area contributed by atoms with Crippen LogP contribution in [-0.2, 0) is 13.6 Å². The van der Waals surface area contributed by atoms with Gasteiger partial charge in [-0.2, -0.15) is 0 Å². The predicted octanol–water partition coefficient (Wildman–Crippen LogP) is 1.78. The molecule has 4 nitrogen and oxygen atoms in total. The Labute approximate surface area is 73.2 Å². The molecule has 1 heterocycles. The van der Waals surface area contributed by atoms with E-state index in [1.807, 2.05) is 0 Å². The van der Waals surface area contributed by atoms with Crippen molar-refractivity contribution in [3.05, 3.63) is 0 Å². The van der Waals surface area contributed by atoms with E-state index in [4.69, 9.17) is 9.05 Å². The Balaban J connectivity index is 2.50. The van der Waals surface area contributed by atoms with Gasteiger partial charge in [0.1, 0.15) is 0 Å². The lowest BCUT2D eigenvalue weighted by atomic mass is 10.0. The largest absolute Gasteiger partial charge is 0.405 e. The van der Waals surface area contributed by atoms with Crippen LogP contribution in [0.2, 0.25) is 0 Å². The molecule has 0 saturated carbocycles. The smallest absolute Gasteiger partial charge is 0.300 e. The van der Waals surface area contributed by atoms with Crippen molar-refractivity contribution < 1.29 is 13.6 Å². The normalized spacial score (nSPS) is 38.4. The van der Waals surface area contributed by atoms with Gasteiger partial charge in [-0.3, -0.25) is 4.52 Å². The van der Waals surface area contributed by atoms with Crippen LogP contribution in [0.25, 0.3) is 0 Å². The van der Waals surface area contributed by atoms with Gasteiger partial charge in [0.15, 0.2) is 0 Å². The molecule has 1 aliphatic rings. The average molecular weight is 193 g/mol. The molecule has 1 N–H and O–H groups in total. The van der Waals surface area contributed by atoms with Gasteiger partial charge in [0.05, 0.1) is 6.61 Å². The molecular weight excluding hydrogens is 177 g/mol. The Hall–Kier alpha value is 0.110. The van der Waals surface area contributed by atoms with Gasteiger partial charge in [-0.15, -0.1) is 0 Å². The second-order valence-corrected chi connectivity index (χ2v) is 4.97. The number of nitrogens with one attached hydrogen (secondary N) is 1. The van der Waals surface area contributed by atoms with E-state index in [9.17, 15) is 4.57 Å². The van der Waals surface area contributed by atoms with Gasteiger partial charge in [0.2, 0.25) is 0 Å². The maximum atomic E-state index is 11.5. The van der Waals surface area contributed by atoms with Gasteiger partial charge in [-0.1, -0.05) is 20.3 Å². The molecule has 0 spiro atoms. The van der Waals surface area contributed by atoms with Crippen molar-refractivity contribution in [2.24, 2.45) is 5.92 Å². The third-order valence-electron chi connectivity index (χ3n) is 2.32. The minimum Gasteiger partial charge on any atom is -0.300 e. The fourth-order valence-electron chi connectivity index (χ4n) is 1.14. The van der Waals surface area contributed by atoms with Crippen molar-refractivity contribution in [2.75, 3.05) is 13.7 Å².